The zero-order valence-corrected chi connectivity index (χ0v) is 13.3. The Bertz CT molecular complexity index is 748. The molecule has 2 aromatic rings. The summed E-state index contributed by atoms with van der Waals surface area (Å²) < 4.78 is 26.7. The highest BCUT2D eigenvalue weighted by Gasteiger charge is 2.18. The van der Waals surface area contributed by atoms with E-state index in [0.717, 1.165) is 5.56 Å². The lowest BCUT2D eigenvalue weighted by atomic mass is 10.2. The van der Waals surface area contributed by atoms with Gasteiger partial charge < -0.3 is 5.32 Å². The number of nitrogens with zero attached hydrogens (tertiary/aromatic N) is 1. The Balaban J connectivity index is 2.39. The molecule has 0 fully saturated rings. The quantitative estimate of drug-likeness (QED) is 0.886. The molecule has 2 N–H and O–H groups in total. The molecule has 112 valence electrons. The van der Waals surface area contributed by atoms with E-state index in [9.17, 15) is 8.42 Å². The van der Waals surface area contributed by atoms with Crippen LogP contribution in [0.3, 0.4) is 0 Å². The van der Waals surface area contributed by atoms with E-state index in [1.54, 1.807) is 19.1 Å². The van der Waals surface area contributed by atoms with Gasteiger partial charge in [0.05, 0.1) is 0 Å². The van der Waals surface area contributed by atoms with E-state index in [1.165, 1.54) is 12.3 Å². The van der Waals surface area contributed by atoms with Crippen molar-refractivity contribution in [2.45, 2.75) is 18.7 Å². The normalized spacial score (nSPS) is 11.4. The molecule has 0 atom stereocenters. The summed E-state index contributed by atoms with van der Waals surface area (Å²) in [6.07, 6.45) is 1.53. The van der Waals surface area contributed by atoms with Crippen LogP contribution in [0.15, 0.2) is 41.4 Å². The van der Waals surface area contributed by atoms with Crippen molar-refractivity contribution in [1.82, 2.24) is 9.71 Å². The standard InChI is InChI=1S/C14H16ClN3O2S/c1-3-17-21(19,20)13-5-4-8-16-14(13)18-11-7-6-10(2)12(15)9-11/h4-9,17H,3H2,1-2H3,(H,16,18). The lowest BCUT2D eigenvalue weighted by molar-refractivity contribution is 0.584. The van der Waals surface area contributed by atoms with Gasteiger partial charge >= 0.3 is 0 Å². The molecule has 1 aromatic heterocycles. The lowest BCUT2D eigenvalue weighted by Crippen LogP contribution is -2.24. The minimum absolute atomic E-state index is 0.101. The number of aryl methyl sites for hydroxylation is 1. The van der Waals surface area contributed by atoms with Crippen LogP contribution in [0.2, 0.25) is 5.02 Å². The number of halogens is 1. The van der Waals surface area contributed by atoms with Crippen LogP contribution in [0, 0.1) is 6.92 Å². The van der Waals surface area contributed by atoms with Gasteiger partial charge in [-0.2, -0.15) is 0 Å². The van der Waals surface area contributed by atoms with Gasteiger partial charge in [0.15, 0.2) is 5.82 Å². The first-order valence-electron chi connectivity index (χ1n) is 6.42. The van der Waals surface area contributed by atoms with E-state index in [0.29, 0.717) is 17.3 Å². The van der Waals surface area contributed by atoms with Crippen LogP contribution in [0.1, 0.15) is 12.5 Å². The number of nitrogens with one attached hydrogen (secondary N) is 2. The second-order valence-corrected chi connectivity index (χ2v) is 6.58. The van der Waals surface area contributed by atoms with Crippen LogP contribution in [0.5, 0.6) is 0 Å². The molecule has 0 aliphatic heterocycles. The van der Waals surface area contributed by atoms with Crippen LogP contribution in [0.25, 0.3) is 0 Å². The summed E-state index contributed by atoms with van der Waals surface area (Å²) in [4.78, 5) is 4.20. The highest BCUT2D eigenvalue weighted by atomic mass is 35.5. The average Bonchev–Trinajstić information content (AvgIpc) is 2.43. The van der Waals surface area contributed by atoms with Gasteiger partial charge in [-0.25, -0.2) is 18.1 Å². The van der Waals surface area contributed by atoms with Gasteiger partial charge in [0, 0.05) is 23.5 Å². The van der Waals surface area contributed by atoms with E-state index in [2.05, 4.69) is 15.0 Å². The van der Waals surface area contributed by atoms with Crippen LogP contribution >= 0.6 is 11.6 Å². The third kappa shape index (κ3) is 3.72. The van der Waals surface area contributed by atoms with Crippen molar-refractivity contribution in [2.24, 2.45) is 0 Å². The van der Waals surface area contributed by atoms with E-state index < -0.39 is 10.0 Å². The van der Waals surface area contributed by atoms with Gasteiger partial charge in [-0.3, -0.25) is 0 Å². The van der Waals surface area contributed by atoms with Crippen molar-refractivity contribution in [3.05, 3.63) is 47.1 Å². The Kier molecular flexibility index (Phi) is 4.82. The molecular weight excluding hydrogens is 310 g/mol. The van der Waals surface area contributed by atoms with Crippen molar-refractivity contribution in [1.29, 1.82) is 0 Å². The SMILES string of the molecule is CCNS(=O)(=O)c1cccnc1Nc1ccc(C)c(Cl)c1. The summed E-state index contributed by atoms with van der Waals surface area (Å²) in [6.45, 7) is 3.93. The van der Waals surface area contributed by atoms with Gasteiger partial charge in [-0.1, -0.05) is 24.6 Å². The Morgan fingerprint density at radius 1 is 1.29 bits per heavy atom. The highest BCUT2D eigenvalue weighted by molar-refractivity contribution is 7.89. The van der Waals surface area contributed by atoms with Crippen LogP contribution in [0.4, 0.5) is 11.5 Å². The fraction of sp³-hybridized carbons (Fsp3) is 0.214. The van der Waals surface area contributed by atoms with Gasteiger partial charge in [-0.05, 0) is 36.8 Å². The summed E-state index contributed by atoms with van der Waals surface area (Å²) >= 11 is 6.07. The second kappa shape index (κ2) is 6.43. The minimum Gasteiger partial charge on any atom is -0.339 e. The number of benzene rings is 1. The van der Waals surface area contributed by atoms with Gasteiger partial charge in [0.25, 0.3) is 0 Å². The fourth-order valence-corrected chi connectivity index (χ4v) is 3.11. The number of anilines is 2. The van der Waals surface area contributed by atoms with Crippen LogP contribution in [-0.2, 0) is 10.0 Å². The summed E-state index contributed by atoms with van der Waals surface area (Å²) in [5, 5.41) is 3.59. The maximum Gasteiger partial charge on any atom is 0.244 e. The van der Waals surface area contributed by atoms with E-state index in [-0.39, 0.29) is 10.7 Å². The molecule has 7 heteroatoms. The number of sulfonamides is 1. The van der Waals surface area contributed by atoms with Crippen molar-refractivity contribution in [3.63, 3.8) is 0 Å². The molecule has 0 amide bonds. The Morgan fingerprint density at radius 3 is 2.71 bits per heavy atom. The molecule has 2 rings (SSSR count). The first kappa shape index (κ1) is 15.8. The van der Waals surface area contributed by atoms with E-state index in [1.807, 2.05) is 19.1 Å². The highest BCUT2D eigenvalue weighted by Crippen LogP contribution is 2.25. The zero-order chi connectivity index (χ0) is 15.5. The molecule has 0 aliphatic carbocycles. The number of rotatable bonds is 5. The Morgan fingerprint density at radius 2 is 2.05 bits per heavy atom. The minimum atomic E-state index is -3.59. The summed E-state index contributed by atoms with van der Waals surface area (Å²) in [7, 11) is -3.59. The predicted octanol–water partition coefficient (Wildman–Crippen LogP) is 3.09. The van der Waals surface area contributed by atoms with Gasteiger partial charge in [0.2, 0.25) is 10.0 Å². The van der Waals surface area contributed by atoms with E-state index >= 15 is 0 Å². The number of hydrogen-bond donors (Lipinski definition) is 2. The van der Waals surface area contributed by atoms with Crippen LogP contribution in [-0.4, -0.2) is 19.9 Å². The predicted molar refractivity (Wildman–Crippen MR) is 84.6 cm³/mol. The number of hydrogen-bond acceptors (Lipinski definition) is 4. The first-order chi connectivity index (χ1) is 9.94. The largest absolute Gasteiger partial charge is 0.339 e. The third-order valence-corrected chi connectivity index (χ3v) is 4.81. The molecule has 21 heavy (non-hydrogen) atoms. The van der Waals surface area contributed by atoms with E-state index in [4.69, 9.17) is 11.6 Å². The molecule has 1 aromatic carbocycles. The molecule has 0 bridgehead atoms. The smallest absolute Gasteiger partial charge is 0.244 e. The van der Waals surface area contributed by atoms with Gasteiger partial charge in [0.1, 0.15) is 4.90 Å². The molecule has 0 spiro atoms. The van der Waals surface area contributed by atoms with Crippen LogP contribution < -0.4 is 10.0 Å². The fourth-order valence-electron chi connectivity index (χ4n) is 1.78. The monoisotopic (exact) mass is 325 g/mol. The molecule has 0 radical (unpaired) electrons. The number of pyridine rings is 1. The van der Waals surface area contributed by atoms with Gasteiger partial charge in [-0.15, -0.1) is 0 Å². The lowest BCUT2D eigenvalue weighted by Gasteiger charge is -2.12. The topological polar surface area (TPSA) is 71.1 Å². The average molecular weight is 326 g/mol. The van der Waals surface area contributed by atoms with Crippen molar-refractivity contribution < 1.29 is 8.42 Å². The van der Waals surface area contributed by atoms with Crippen molar-refractivity contribution in [3.8, 4) is 0 Å². The number of aromatic nitrogens is 1. The maximum atomic E-state index is 12.1. The zero-order valence-electron chi connectivity index (χ0n) is 11.7. The maximum absolute atomic E-state index is 12.1. The second-order valence-electron chi connectivity index (χ2n) is 4.44. The summed E-state index contributed by atoms with van der Waals surface area (Å²) in [6, 6.07) is 8.49. The Hall–Kier alpha value is -1.63. The molecule has 5 nitrogen and oxygen atoms in total. The first-order valence-corrected chi connectivity index (χ1v) is 8.28. The molecule has 0 saturated carbocycles. The van der Waals surface area contributed by atoms with Crippen molar-refractivity contribution >= 4 is 33.1 Å². The summed E-state index contributed by atoms with van der Waals surface area (Å²) in [5.74, 6) is 0.262. The summed E-state index contributed by atoms with van der Waals surface area (Å²) in [5.41, 5.74) is 1.63. The third-order valence-electron chi connectivity index (χ3n) is 2.83. The molecule has 0 saturated heterocycles. The molecule has 1 heterocycles. The molecule has 0 aliphatic rings. The molecular formula is C14H16ClN3O2S. The molecule has 0 unspecified atom stereocenters. The van der Waals surface area contributed by atoms with Crippen molar-refractivity contribution in [2.75, 3.05) is 11.9 Å². The Labute approximate surface area is 129 Å².